The van der Waals surface area contributed by atoms with Gasteiger partial charge in [-0.3, -0.25) is 0 Å². The van der Waals surface area contributed by atoms with E-state index in [0.717, 1.165) is 66.7 Å². The second kappa shape index (κ2) is 14.9. The van der Waals surface area contributed by atoms with Crippen LogP contribution in [0.25, 0.3) is 0 Å². The molecule has 1 unspecified atom stereocenters. The smallest absolute Gasteiger partial charge is 0.354 e. The highest BCUT2D eigenvalue weighted by Gasteiger charge is 2.29. The molecule has 2 aliphatic carbocycles. The number of anilines is 1. The summed E-state index contributed by atoms with van der Waals surface area (Å²) in [6.07, 6.45) is 7.16. The van der Waals surface area contributed by atoms with E-state index in [1.165, 1.54) is 24.2 Å². The molecular formula is C27H40N4O8S2. The number of aromatic nitrogens is 1. The topological polar surface area (TPSA) is 175 Å². The van der Waals surface area contributed by atoms with Crippen LogP contribution in [0.15, 0.2) is 20.8 Å². The number of rotatable bonds is 16. The number of aliphatic hydroxyl groups excluding tert-OH is 1. The summed E-state index contributed by atoms with van der Waals surface area (Å²) in [7, 11) is -3.58. The molecule has 2 atom stereocenters. The highest BCUT2D eigenvalue weighted by atomic mass is 32.2. The molecule has 4 rings (SSSR count). The lowest BCUT2D eigenvalue weighted by atomic mass is 9.99. The fraction of sp³-hybridized carbons (Fsp3) is 0.630. The van der Waals surface area contributed by atoms with E-state index in [4.69, 9.17) is 29.2 Å². The van der Waals surface area contributed by atoms with Crippen molar-refractivity contribution in [3.05, 3.63) is 39.5 Å². The summed E-state index contributed by atoms with van der Waals surface area (Å²) in [6.45, 7) is 3.89. The third-order valence-electron chi connectivity index (χ3n) is 6.89. The fourth-order valence-corrected chi connectivity index (χ4v) is 7.06. The normalized spacial score (nSPS) is 17.1. The first-order valence-electron chi connectivity index (χ1n) is 13.8. The highest BCUT2D eigenvalue weighted by molar-refractivity contribution is 7.93. The summed E-state index contributed by atoms with van der Waals surface area (Å²) < 4.78 is 38.5. The lowest BCUT2D eigenvalue weighted by Crippen LogP contribution is -2.28. The number of ether oxygens (including phenoxy) is 4. The molecule has 1 aromatic carbocycles. The van der Waals surface area contributed by atoms with Gasteiger partial charge in [0.15, 0.2) is 9.92 Å². The average molecular weight is 613 g/mol. The maximum atomic E-state index is 13.2. The minimum atomic E-state index is -3.58. The maximum Gasteiger partial charge on any atom is 0.354 e. The van der Waals surface area contributed by atoms with Gasteiger partial charge in [-0.2, -0.15) is 0 Å². The molecule has 1 aromatic heterocycles. The van der Waals surface area contributed by atoms with Gasteiger partial charge in [0.25, 0.3) is 0 Å². The van der Waals surface area contributed by atoms with Crippen LogP contribution in [0.5, 0.6) is 0 Å². The Morgan fingerprint density at radius 2 is 1.59 bits per heavy atom. The number of aliphatic hydroxyl groups is 2. The number of amides is 2. The first-order valence-corrected chi connectivity index (χ1v) is 16.2. The molecule has 1 heterocycles. The van der Waals surface area contributed by atoms with Crippen molar-refractivity contribution in [1.82, 2.24) is 4.98 Å². The summed E-state index contributed by atoms with van der Waals surface area (Å²) >= 11 is 0.932. The van der Waals surface area contributed by atoms with Gasteiger partial charge >= 0.3 is 6.03 Å². The summed E-state index contributed by atoms with van der Waals surface area (Å²) in [5.41, 5.74) is 4.17. The molecule has 12 nitrogen and oxygen atoms in total. The molecule has 2 amide bonds. The molecule has 41 heavy (non-hydrogen) atoms. The molecule has 2 aliphatic rings. The Morgan fingerprint density at radius 1 is 1.02 bits per heavy atom. The van der Waals surface area contributed by atoms with Crippen LogP contribution >= 0.6 is 11.3 Å². The van der Waals surface area contributed by atoms with E-state index in [-0.39, 0.29) is 29.0 Å². The molecular weight excluding hydrogens is 572 g/mol. The van der Waals surface area contributed by atoms with Crippen molar-refractivity contribution in [3.8, 4) is 0 Å². The largest absolute Gasteiger partial charge is 0.394 e. The van der Waals surface area contributed by atoms with Crippen LogP contribution in [-0.4, -0.2) is 84.9 Å². The van der Waals surface area contributed by atoms with Gasteiger partial charge in [0.1, 0.15) is 14.8 Å². The third-order valence-corrected chi connectivity index (χ3v) is 10.0. The molecule has 14 heteroatoms. The quantitative estimate of drug-likeness (QED) is 0.207. The summed E-state index contributed by atoms with van der Waals surface area (Å²) in [5.74, 6) is 0. The van der Waals surface area contributed by atoms with E-state index < -0.39 is 21.5 Å². The number of carbonyl (C=O) groups excluding carboxylic acids is 1. The van der Waals surface area contributed by atoms with Gasteiger partial charge in [0.05, 0.1) is 65.7 Å². The highest BCUT2D eigenvalue weighted by Crippen LogP contribution is 2.38. The number of fused-ring (bicyclic) bond motifs is 2. The monoisotopic (exact) mass is 612 g/mol. The number of carbonyl (C=O) groups is 1. The van der Waals surface area contributed by atoms with Gasteiger partial charge < -0.3 is 34.5 Å². The van der Waals surface area contributed by atoms with Crippen molar-refractivity contribution in [2.24, 2.45) is 9.50 Å². The van der Waals surface area contributed by atoms with Gasteiger partial charge in [-0.05, 0) is 67.7 Å². The molecule has 0 fully saturated rings. The Bertz CT molecular complexity index is 1270. The first kappa shape index (κ1) is 31.9. The number of hydrogen-bond donors (Lipinski definition) is 4. The molecule has 5 N–H and O–H groups in total. The van der Waals surface area contributed by atoms with Crippen LogP contribution in [-0.2, 0) is 60.1 Å². The van der Waals surface area contributed by atoms with Gasteiger partial charge in [0, 0.05) is 5.69 Å². The molecule has 0 radical (unpaired) electrons. The van der Waals surface area contributed by atoms with Crippen LogP contribution in [0.4, 0.5) is 10.5 Å². The van der Waals surface area contributed by atoms with Crippen molar-refractivity contribution >= 4 is 33.0 Å². The lowest BCUT2D eigenvalue weighted by molar-refractivity contribution is -0.0561. The van der Waals surface area contributed by atoms with Gasteiger partial charge in [-0.15, -0.1) is 15.7 Å². The van der Waals surface area contributed by atoms with Crippen molar-refractivity contribution in [2.75, 3.05) is 64.8 Å². The van der Waals surface area contributed by atoms with Crippen LogP contribution in [0, 0.1) is 0 Å². The van der Waals surface area contributed by atoms with Gasteiger partial charge in [0.2, 0.25) is 0 Å². The summed E-state index contributed by atoms with van der Waals surface area (Å²) in [5, 5.41) is 28.6. The van der Waals surface area contributed by atoms with Crippen molar-refractivity contribution in [2.45, 2.75) is 55.3 Å². The Morgan fingerprint density at radius 3 is 2.17 bits per heavy atom. The summed E-state index contributed by atoms with van der Waals surface area (Å²) in [6, 6.07) is 1.51. The second-order valence-electron chi connectivity index (χ2n) is 10.2. The van der Waals surface area contributed by atoms with Crippen molar-refractivity contribution < 1.29 is 38.2 Å². The van der Waals surface area contributed by atoms with E-state index in [0.29, 0.717) is 39.6 Å². The molecule has 0 saturated carbocycles. The molecule has 228 valence electrons. The predicted octanol–water partition coefficient (Wildman–Crippen LogP) is 2.32. The van der Waals surface area contributed by atoms with Crippen LogP contribution in [0.2, 0.25) is 0 Å². The molecule has 0 aliphatic heterocycles. The van der Waals surface area contributed by atoms with Crippen LogP contribution in [0.3, 0.4) is 0 Å². The maximum absolute atomic E-state index is 13.2. The predicted molar refractivity (Wildman–Crippen MR) is 155 cm³/mol. The number of aryl methyl sites for hydroxylation is 2. The molecule has 0 saturated heterocycles. The second-order valence-corrected chi connectivity index (χ2v) is 13.2. The Kier molecular flexibility index (Phi) is 11.6. The van der Waals surface area contributed by atoms with E-state index in [2.05, 4.69) is 20.7 Å². The van der Waals surface area contributed by atoms with E-state index in [9.17, 15) is 14.1 Å². The third kappa shape index (κ3) is 8.75. The van der Waals surface area contributed by atoms with Crippen LogP contribution in [0.1, 0.15) is 47.0 Å². The number of nitrogens with one attached hydrogen (secondary N) is 1. The molecule has 0 bridgehead atoms. The van der Waals surface area contributed by atoms with E-state index in [1.807, 2.05) is 0 Å². The van der Waals surface area contributed by atoms with Crippen molar-refractivity contribution in [1.29, 1.82) is 0 Å². The van der Waals surface area contributed by atoms with Crippen molar-refractivity contribution in [3.63, 3.8) is 0 Å². The molecule has 0 spiro atoms. The van der Waals surface area contributed by atoms with Gasteiger partial charge in [-0.1, -0.05) is 6.07 Å². The zero-order valence-electron chi connectivity index (χ0n) is 23.4. The SMILES string of the molecule is C[C@](O)(COCCOCCOCCOCCO)c1ncc(S(N)(=O)=NC(=O)Nc2c3c(cc4c2CCC4)CCC3)s1. The number of urea groups is 1. The molecule has 2 aromatic rings. The number of benzene rings is 1. The number of nitrogens with two attached hydrogens (primary N) is 1. The zero-order chi connectivity index (χ0) is 29.3. The lowest BCUT2D eigenvalue weighted by Gasteiger charge is -2.20. The zero-order valence-corrected chi connectivity index (χ0v) is 25.0. The minimum absolute atomic E-state index is 0.0145. The number of nitrogens with zero attached hydrogens (tertiary/aromatic N) is 2. The van der Waals surface area contributed by atoms with E-state index >= 15 is 0 Å². The van der Waals surface area contributed by atoms with Gasteiger partial charge in [-0.25, -0.2) is 19.1 Å². The fourth-order valence-electron chi connectivity index (χ4n) is 4.97. The number of thiazole rings is 1. The Balaban J connectivity index is 1.25. The summed E-state index contributed by atoms with van der Waals surface area (Å²) in [4.78, 5) is 17.1. The first-order chi connectivity index (χ1) is 19.7. The van der Waals surface area contributed by atoms with Crippen LogP contribution < -0.4 is 10.5 Å². The Labute approximate surface area is 244 Å². The average Bonchev–Trinajstić information content (AvgIpc) is 3.70. The Hall–Kier alpha value is -2.01. The number of hydrogen-bond acceptors (Lipinski definition) is 10. The van der Waals surface area contributed by atoms with E-state index in [1.54, 1.807) is 0 Å². The minimum Gasteiger partial charge on any atom is -0.394 e. The standard InChI is InChI=1S/C27H40N4O8S2/c1-27(34,18-39-15-14-38-13-12-37-11-10-36-9-8-32)25-29-17-23(40-25)41(28,35)31-26(33)30-24-21-6-2-4-19(21)16-20-5-3-7-22(20)24/h16-17,32,34H,2-15,18H2,1H3,(H3,28,30,31,33,35)/t27-,41?/m0/s1.